The smallest absolute Gasteiger partial charge is 0.291 e. The van der Waals surface area contributed by atoms with Crippen LogP contribution in [-0.2, 0) is 6.61 Å². The number of nitrogens with one attached hydrogen (secondary N) is 1. The Morgan fingerprint density at radius 2 is 1.55 bits per heavy atom. The molecule has 7 nitrogen and oxygen atoms in total. The average Bonchev–Trinajstić information content (AvgIpc) is 3.46. The standard InChI is InChI=1S/C26H21NO6/c1-29-21-9-5-6-10-22(21)31-15-16-11-12-23(32-16)26(28)27-19-14-24-18(13-25(19)30-2)17-7-3-4-8-20(17)33-24/h3-14H,15H2,1-2H3,(H,27,28). The van der Waals surface area contributed by atoms with E-state index >= 15 is 0 Å². The SMILES string of the molecule is COc1cc2c(cc1NC(=O)c1ccc(COc3ccccc3OC)o1)oc1ccccc12. The third kappa shape index (κ3) is 3.96. The van der Waals surface area contributed by atoms with Crippen LogP contribution in [0.2, 0.25) is 0 Å². The summed E-state index contributed by atoms with van der Waals surface area (Å²) in [6.45, 7) is 0.155. The largest absolute Gasteiger partial charge is 0.495 e. The van der Waals surface area contributed by atoms with Gasteiger partial charge in [0.2, 0.25) is 0 Å². The molecule has 5 aromatic rings. The number of hydrogen-bond acceptors (Lipinski definition) is 6. The number of methoxy groups -OCH3 is 2. The molecular formula is C26H21NO6. The zero-order chi connectivity index (χ0) is 22.8. The Morgan fingerprint density at radius 3 is 2.36 bits per heavy atom. The fourth-order valence-corrected chi connectivity index (χ4v) is 3.67. The molecule has 0 aliphatic carbocycles. The minimum atomic E-state index is -0.410. The maximum absolute atomic E-state index is 12.8. The van der Waals surface area contributed by atoms with Gasteiger partial charge >= 0.3 is 0 Å². The molecule has 0 fully saturated rings. The first-order valence-corrected chi connectivity index (χ1v) is 10.3. The highest BCUT2D eigenvalue weighted by Gasteiger charge is 2.17. The van der Waals surface area contributed by atoms with Crippen LogP contribution in [0.25, 0.3) is 21.9 Å². The monoisotopic (exact) mass is 443 g/mol. The Hall–Kier alpha value is -4.39. The summed E-state index contributed by atoms with van der Waals surface area (Å²) in [5.74, 6) is 1.98. The molecule has 0 atom stereocenters. The van der Waals surface area contributed by atoms with E-state index in [1.165, 1.54) is 0 Å². The molecule has 33 heavy (non-hydrogen) atoms. The molecule has 0 spiro atoms. The molecule has 2 aromatic heterocycles. The van der Waals surface area contributed by atoms with Crippen molar-refractivity contribution in [1.29, 1.82) is 0 Å². The summed E-state index contributed by atoms with van der Waals surface area (Å²) in [6, 6.07) is 22.0. The molecule has 2 heterocycles. The van der Waals surface area contributed by atoms with Gasteiger partial charge in [0.1, 0.15) is 29.3 Å². The fourth-order valence-electron chi connectivity index (χ4n) is 3.67. The van der Waals surface area contributed by atoms with Crippen molar-refractivity contribution < 1.29 is 27.8 Å². The number of benzene rings is 3. The lowest BCUT2D eigenvalue weighted by atomic mass is 10.1. The number of hydrogen-bond donors (Lipinski definition) is 1. The van der Waals surface area contributed by atoms with Crippen molar-refractivity contribution in [3.05, 3.63) is 84.3 Å². The van der Waals surface area contributed by atoms with Gasteiger partial charge in [-0.3, -0.25) is 4.79 Å². The normalized spacial score (nSPS) is 11.0. The van der Waals surface area contributed by atoms with E-state index in [0.29, 0.717) is 34.3 Å². The van der Waals surface area contributed by atoms with E-state index in [9.17, 15) is 4.79 Å². The third-order valence-electron chi connectivity index (χ3n) is 5.27. The van der Waals surface area contributed by atoms with Crippen LogP contribution in [0.1, 0.15) is 16.3 Å². The number of carbonyl (C=O) groups excluding carboxylic acids is 1. The molecule has 0 unspecified atom stereocenters. The Kier molecular flexibility index (Phi) is 5.36. The quantitative estimate of drug-likeness (QED) is 0.331. The van der Waals surface area contributed by atoms with Gasteiger partial charge in [0, 0.05) is 16.8 Å². The number of anilines is 1. The molecule has 0 saturated carbocycles. The highest BCUT2D eigenvalue weighted by atomic mass is 16.5. The summed E-state index contributed by atoms with van der Waals surface area (Å²) < 4.78 is 28.1. The van der Waals surface area contributed by atoms with E-state index in [4.69, 9.17) is 23.0 Å². The van der Waals surface area contributed by atoms with E-state index in [1.807, 2.05) is 48.5 Å². The highest BCUT2D eigenvalue weighted by molar-refractivity contribution is 6.09. The summed E-state index contributed by atoms with van der Waals surface area (Å²) in [4.78, 5) is 12.8. The van der Waals surface area contributed by atoms with E-state index in [2.05, 4.69) is 5.32 Å². The van der Waals surface area contributed by atoms with Gasteiger partial charge in [-0.2, -0.15) is 0 Å². The number of fused-ring (bicyclic) bond motifs is 3. The van der Waals surface area contributed by atoms with Crippen molar-refractivity contribution in [2.75, 3.05) is 19.5 Å². The molecule has 0 saturated heterocycles. The second-order valence-corrected chi connectivity index (χ2v) is 7.31. The Labute approximate surface area is 189 Å². The van der Waals surface area contributed by atoms with Crippen molar-refractivity contribution in [1.82, 2.24) is 0 Å². The van der Waals surface area contributed by atoms with E-state index in [0.717, 1.165) is 16.4 Å². The molecule has 0 aliphatic heterocycles. The topological polar surface area (TPSA) is 83.1 Å². The Morgan fingerprint density at radius 1 is 0.788 bits per heavy atom. The van der Waals surface area contributed by atoms with E-state index < -0.39 is 5.91 Å². The molecule has 0 bridgehead atoms. The zero-order valence-corrected chi connectivity index (χ0v) is 18.1. The molecule has 1 amide bonds. The minimum absolute atomic E-state index is 0.153. The molecular weight excluding hydrogens is 422 g/mol. The van der Waals surface area contributed by atoms with Crippen LogP contribution in [0.3, 0.4) is 0 Å². The van der Waals surface area contributed by atoms with Crippen molar-refractivity contribution in [3.63, 3.8) is 0 Å². The van der Waals surface area contributed by atoms with Gasteiger partial charge in [0.05, 0.1) is 19.9 Å². The lowest BCUT2D eigenvalue weighted by Gasteiger charge is -2.10. The van der Waals surface area contributed by atoms with Crippen LogP contribution >= 0.6 is 0 Å². The van der Waals surface area contributed by atoms with Gasteiger partial charge in [-0.05, 0) is 36.4 Å². The van der Waals surface area contributed by atoms with Crippen LogP contribution in [0, 0.1) is 0 Å². The van der Waals surface area contributed by atoms with E-state index in [-0.39, 0.29) is 12.4 Å². The second-order valence-electron chi connectivity index (χ2n) is 7.31. The number of amides is 1. The summed E-state index contributed by atoms with van der Waals surface area (Å²) in [5, 5.41) is 4.73. The van der Waals surface area contributed by atoms with Crippen LogP contribution in [0.4, 0.5) is 5.69 Å². The maximum Gasteiger partial charge on any atom is 0.291 e. The second kappa shape index (κ2) is 8.63. The summed E-state index contributed by atoms with van der Waals surface area (Å²) in [7, 11) is 3.13. The number of ether oxygens (including phenoxy) is 3. The van der Waals surface area contributed by atoms with Crippen LogP contribution in [0.15, 0.2) is 81.6 Å². The van der Waals surface area contributed by atoms with Crippen molar-refractivity contribution >= 4 is 33.5 Å². The van der Waals surface area contributed by atoms with E-state index in [1.54, 1.807) is 38.5 Å². The summed E-state index contributed by atoms with van der Waals surface area (Å²) in [6.07, 6.45) is 0. The maximum atomic E-state index is 12.8. The number of rotatable bonds is 7. The van der Waals surface area contributed by atoms with Gasteiger partial charge < -0.3 is 28.4 Å². The Bertz CT molecular complexity index is 1450. The molecule has 0 aliphatic rings. The number of furan rings is 2. The first-order chi connectivity index (χ1) is 16.2. The minimum Gasteiger partial charge on any atom is -0.495 e. The van der Waals surface area contributed by atoms with Gasteiger partial charge in [0.15, 0.2) is 17.3 Å². The average molecular weight is 443 g/mol. The van der Waals surface area contributed by atoms with Gasteiger partial charge in [-0.25, -0.2) is 0 Å². The Balaban J connectivity index is 1.34. The van der Waals surface area contributed by atoms with Gasteiger partial charge in [-0.15, -0.1) is 0 Å². The molecule has 166 valence electrons. The number of carbonyl (C=O) groups is 1. The lowest BCUT2D eigenvalue weighted by Crippen LogP contribution is -2.11. The summed E-state index contributed by atoms with van der Waals surface area (Å²) in [5.41, 5.74) is 1.90. The molecule has 5 rings (SSSR count). The predicted octanol–water partition coefficient (Wildman–Crippen LogP) is 6.03. The van der Waals surface area contributed by atoms with Crippen molar-refractivity contribution in [2.45, 2.75) is 6.61 Å². The lowest BCUT2D eigenvalue weighted by molar-refractivity contribution is 0.0992. The fraction of sp³-hybridized carbons (Fsp3) is 0.115. The van der Waals surface area contributed by atoms with Crippen LogP contribution in [-0.4, -0.2) is 20.1 Å². The molecule has 0 radical (unpaired) electrons. The molecule has 3 aromatic carbocycles. The zero-order valence-electron chi connectivity index (χ0n) is 18.1. The first-order valence-electron chi connectivity index (χ1n) is 10.3. The summed E-state index contributed by atoms with van der Waals surface area (Å²) >= 11 is 0. The van der Waals surface area contributed by atoms with Gasteiger partial charge in [-0.1, -0.05) is 30.3 Å². The van der Waals surface area contributed by atoms with Crippen LogP contribution < -0.4 is 19.5 Å². The predicted molar refractivity (Wildman–Crippen MR) is 124 cm³/mol. The van der Waals surface area contributed by atoms with Crippen molar-refractivity contribution in [3.8, 4) is 17.2 Å². The third-order valence-corrected chi connectivity index (χ3v) is 5.27. The first kappa shape index (κ1) is 20.5. The van der Waals surface area contributed by atoms with Gasteiger partial charge in [0.25, 0.3) is 5.91 Å². The van der Waals surface area contributed by atoms with Crippen molar-refractivity contribution in [2.24, 2.45) is 0 Å². The highest BCUT2D eigenvalue weighted by Crippen LogP contribution is 2.36. The number of para-hydroxylation sites is 3. The molecule has 7 heteroatoms. The van der Waals surface area contributed by atoms with Crippen LogP contribution in [0.5, 0.6) is 17.2 Å². The molecule has 1 N–H and O–H groups in total.